The number of ether oxygens (including phenoxy) is 3. The first-order valence-corrected chi connectivity index (χ1v) is 11.5. The average Bonchev–Trinajstić information content (AvgIpc) is 2.83. The number of allylic oxidation sites excluding steroid dienone is 1. The number of urea groups is 1. The van der Waals surface area contributed by atoms with Crippen molar-refractivity contribution in [3.63, 3.8) is 0 Å². The van der Waals surface area contributed by atoms with Gasteiger partial charge >= 0.3 is 12.0 Å². The van der Waals surface area contributed by atoms with E-state index in [1.807, 2.05) is 6.92 Å². The van der Waals surface area contributed by atoms with Gasteiger partial charge in [-0.25, -0.2) is 14.5 Å². The van der Waals surface area contributed by atoms with Gasteiger partial charge in [0.15, 0.2) is 18.1 Å². The van der Waals surface area contributed by atoms with Crippen molar-refractivity contribution >= 4 is 35.6 Å². The summed E-state index contributed by atoms with van der Waals surface area (Å²) < 4.78 is 16.4. The second-order valence-corrected chi connectivity index (χ2v) is 7.82. The number of hydrogen-bond acceptors (Lipinski definition) is 7. The molecule has 2 aromatic rings. The third kappa shape index (κ3) is 5.99. The summed E-state index contributed by atoms with van der Waals surface area (Å²) in [6.45, 7) is 9.35. The summed E-state index contributed by atoms with van der Waals surface area (Å²) in [6.07, 6.45) is 3.40. The zero-order chi connectivity index (χ0) is 26.2. The fourth-order valence-electron chi connectivity index (χ4n) is 3.59. The van der Waals surface area contributed by atoms with Gasteiger partial charge in [-0.1, -0.05) is 23.8 Å². The molecule has 1 N–H and O–H groups in total. The standard InChI is InChI=1S/C27H28N2O7/c1-5-8-19-13-18(15-22(34-6-2)24(19)36-16-23(30)35-7-3)14-21-25(31)28-27(33)29(26(21)32)20-11-9-17(4)10-12-20/h5,9-15H,1,6-8,16H2,2-4H3,(H,28,31,33)/b21-14+. The van der Waals surface area contributed by atoms with Crippen molar-refractivity contribution in [2.45, 2.75) is 27.2 Å². The number of carbonyl (C=O) groups excluding carboxylic acids is 4. The molecule has 1 aliphatic rings. The van der Waals surface area contributed by atoms with Gasteiger partial charge in [0.05, 0.1) is 18.9 Å². The van der Waals surface area contributed by atoms with Gasteiger partial charge in [0.25, 0.3) is 11.8 Å². The van der Waals surface area contributed by atoms with Crippen molar-refractivity contribution < 1.29 is 33.4 Å². The number of aryl methyl sites for hydroxylation is 1. The van der Waals surface area contributed by atoms with Gasteiger partial charge < -0.3 is 14.2 Å². The van der Waals surface area contributed by atoms with Crippen LogP contribution in [-0.2, 0) is 25.5 Å². The highest BCUT2D eigenvalue weighted by Crippen LogP contribution is 2.35. The van der Waals surface area contributed by atoms with Crippen LogP contribution in [0.1, 0.15) is 30.5 Å². The molecule has 0 aromatic heterocycles. The number of benzene rings is 2. The van der Waals surface area contributed by atoms with Gasteiger partial charge in [-0.2, -0.15) is 0 Å². The number of barbiturate groups is 1. The lowest BCUT2D eigenvalue weighted by atomic mass is 10.0. The monoisotopic (exact) mass is 492 g/mol. The Hall–Kier alpha value is -4.40. The molecule has 1 fully saturated rings. The molecule has 4 amide bonds. The predicted octanol–water partition coefficient (Wildman–Crippen LogP) is 3.73. The molecule has 1 heterocycles. The van der Waals surface area contributed by atoms with Crippen molar-refractivity contribution in [1.29, 1.82) is 0 Å². The SMILES string of the molecule is C=CCc1cc(/C=C2\C(=O)NC(=O)N(c3ccc(C)cc3)C2=O)cc(OCC)c1OCC(=O)OCC. The maximum Gasteiger partial charge on any atom is 0.344 e. The van der Waals surface area contributed by atoms with E-state index in [9.17, 15) is 19.2 Å². The lowest BCUT2D eigenvalue weighted by molar-refractivity contribution is -0.145. The van der Waals surface area contributed by atoms with Crippen LogP contribution in [0.5, 0.6) is 11.5 Å². The number of nitrogens with one attached hydrogen (secondary N) is 1. The number of rotatable bonds is 10. The highest BCUT2D eigenvalue weighted by molar-refractivity contribution is 6.39. The van der Waals surface area contributed by atoms with E-state index >= 15 is 0 Å². The Balaban J connectivity index is 2.02. The van der Waals surface area contributed by atoms with Crippen LogP contribution in [0.3, 0.4) is 0 Å². The summed E-state index contributed by atoms with van der Waals surface area (Å²) in [5, 5.41) is 2.21. The van der Waals surface area contributed by atoms with Crippen LogP contribution in [0.2, 0.25) is 0 Å². The van der Waals surface area contributed by atoms with E-state index in [2.05, 4.69) is 11.9 Å². The molecule has 36 heavy (non-hydrogen) atoms. The normalized spacial score (nSPS) is 14.5. The topological polar surface area (TPSA) is 111 Å². The number of hydrogen-bond donors (Lipinski definition) is 1. The van der Waals surface area contributed by atoms with E-state index in [-0.39, 0.29) is 18.8 Å². The highest BCUT2D eigenvalue weighted by atomic mass is 16.6. The molecule has 0 unspecified atom stereocenters. The first-order chi connectivity index (χ1) is 17.3. The lowest BCUT2D eigenvalue weighted by Crippen LogP contribution is -2.54. The third-order valence-electron chi connectivity index (χ3n) is 5.16. The Morgan fingerprint density at radius 3 is 2.42 bits per heavy atom. The van der Waals surface area contributed by atoms with Crippen LogP contribution in [0.25, 0.3) is 6.08 Å². The predicted molar refractivity (Wildman–Crippen MR) is 134 cm³/mol. The molecule has 1 aliphatic heterocycles. The van der Waals surface area contributed by atoms with Crippen molar-refractivity contribution in [3.8, 4) is 11.5 Å². The van der Waals surface area contributed by atoms with Gasteiger partial charge in [0, 0.05) is 5.56 Å². The van der Waals surface area contributed by atoms with Crippen molar-refractivity contribution in [3.05, 3.63) is 71.3 Å². The number of carbonyl (C=O) groups is 4. The number of amides is 4. The van der Waals surface area contributed by atoms with E-state index < -0.39 is 23.8 Å². The summed E-state index contributed by atoms with van der Waals surface area (Å²) in [5.41, 5.74) is 2.17. The first kappa shape index (κ1) is 26.2. The van der Waals surface area contributed by atoms with E-state index in [0.717, 1.165) is 10.5 Å². The number of esters is 1. The fourth-order valence-corrected chi connectivity index (χ4v) is 3.59. The van der Waals surface area contributed by atoms with Gasteiger partial charge in [0.1, 0.15) is 5.57 Å². The Bertz CT molecular complexity index is 1220. The molecule has 3 rings (SSSR count). The van der Waals surface area contributed by atoms with Crippen molar-refractivity contribution in [2.75, 3.05) is 24.7 Å². The molecule has 1 saturated heterocycles. The first-order valence-electron chi connectivity index (χ1n) is 11.5. The zero-order valence-electron chi connectivity index (χ0n) is 20.5. The third-order valence-corrected chi connectivity index (χ3v) is 5.16. The maximum absolute atomic E-state index is 13.2. The van der Waals surface area contributed by atoms with Crippen LogP contribution in [0.4, 0.5) is 10.5 Å². The molecule has 0 saturated carbocycles. The van der Waals surface area contributed by atoms with Crippen LogP contribution in [0, 0.1) is 6.92 Å². The van der Waals surface area contributed by atoms with Crippen molar-refractivity contribution in [2.24, 2.45) is 0 Å². The Morgan fingerprint density at radius 1 is 1.06 bits per heavy atom. The van der Waals surface area contributed by atoms with E-state index in [1.54, 1.807) is 56.3 Å². The summed E-state index contributed by atoms with van der Waals surface area (Å²) in [4.78, 5) is 51.0. The molecule has 9 heteroatoms. The lowest BCUT2D eigenvalue weighted by Gasteiger charge is -2.26. The second kappa shape index (κ2) is 11.8. The van der Waals surface area contributed by atoms with Gasteiger partial charge in [-0.3, -0.25) is 14.9 Å². The largest absolute Gasteiger partial charge is 0.490 e. The summed E-state index contributed by atoms with van der Waals surface area (Å²) in [5.74, 6) is -1.43. The molecular formula is C27H28N2O7. The quantitative estimate of drug-likeness (QED) is 0.233. The molecule has 0 spiro atoms. The molecule has 0 aliphatic carbocycles. The zero-order valence-corrected chi connectivity index (χ0v) is 20.5. The molecule has 0 atom stereocenters. The Morgan fingerprint density at radius 2 is 1.78 bits per heavy atom. The van der Waals surface area contributed by atoms with Crippen LogP contribution in [-0.4, -0.2) is 43.6 Å². The Labute approximate surface area is 209 Å². The second-order valence-electron chi connectivity index (χ2n) is 7.82. The minimum atomic E-state index is -0.823. The van der Waals surface area contributed by atoms with E-state index in [4.69, 9.17) is 14.2 Å². The summed E-state index contributed by atoms with van der Waals surface area (Å²) in [6, 6.07) is 9.26. The summed E-state index contributed by atoms with van der Waals surface area (Å²) in [7, 11) is 0. The fraction of sp³-hybridized carbons (Fsp3) is 0.259. The molecule has 0 bridgehead atoms. The van der Waals surface area contributed by atoms with Crippen LogP contribution >= 0.6 is 0 Å². The van der Waals surface area contributed by atoms with Gasteiger partial charge in [0.2, 0.25) is 0 Å². The minimum Gasteiger partial charge on any atom is -0.490 e. The molecule has 0 radical (unpaired) electrons. The van der Waals surface area contributed by atoms with E-state index in [0.29, 0.717) is 41.3 Å². The average molecular weight is 493 g/mol. The molecular weight excluding hydrogens is 464 g/mol. The highest BCUT2D eigenvalue weighted by Gasteiger charge is 2.36. The van der Waals surface area contributed by atoms with Crippen LogP contribution in [0.15, 0.2) is 54.6 Å². The maximum atomic E-state index is 13.2. The van der Waals surface area contributed by atoms with Crippen molar-refractivity contribution in [1.82, 2.24) is 5.32 Å². The van der Waals surface area contributed by atoms with Gasteiger partial charge in [-0.15, -0.1) is 6.58 Å². The number of anilines is 1. The van der Waals surface area contributed by atoms with Gasteiger partial charge in [-0.05, 0) is 63.1 Å². The summed E-state index contributed by atoms with van der Waals surface area (Å²) >= 11 is 0. The minimum absolute atomic E-state index is 0.220. The smallest absolute Gasteiger partial charge is 0.344 e. The van der Waals surface area contributed by atoms with E-state index in [1.165, 1.54) is 6.08 Å². The molecule has 9 nitrogen and oxygen atoms in total. The van der Waals surface area contributed by atoms with Crippen LogP contribution < -0.4 is 19.7 Å². The molecule has 2 aromatic carbocycles. The number of imide groups is 2. The Kier molecular flexibility index (Phi) is 8.61. The number of nitrogens with zero attached hydrogens (tertiary/aromatic N) is 1. The molecule has 188 valence electrons.